The number of nitrogens with zero attached hydrogens (tertiary/aromatic N) is 1. The van der Waals surface area contributed by atoms with Crippen molar-refractivity contribution in [2.45, 2.75) is 32.4 Å². The van der Waals surface area contributed by atoms with Gasteiger partial charge in [0.05, 0.1) is 6.67 Å². The summed E-state index contributed by atoms with van der Waals surface area (Å²) in [6, 6.07) is -0.275. The molecule has 0 aliphatic carbocycles. The molecule has 1 saturated heterocycles. The van der Waals surface area contributed by atoms with Gasteiger partial charge in [0.2, 0.25) is 0 Å². The first-order valence-corrected chi connectivity index (χ1v) is 5.13. The van der Waals surface area contributed by atoms with Crippen molar-refractivity contribution in [3.8, 4) is 0 Å². The SMILES string of the molecule is CC(C)(C)OC(=O)N1C[C@@H](CF)[C@@H](N)C1. The summed E-state index contributed by atoms with van der Waals surface area (Å²) in [5.41, 5.74) is 5.17. The Morgan fingerprint density at radius 2 is 2.13 bits per heavy atom. The number of ether oxygens (including phenoxy) is 1. The van der Waals surface area contributed by atoms with Crippen molar-refractivity contribution in [1.82, 2.24) is 4.90 Å². The maximum Gasteiger partial charge on any atom is 0.410 e. The number of halogens is 1. The molecule has 1 fully saturated rings. The van der Waals surface area contributed by atoms with E-state index in [-0.39, 0.29) is 12.0 Å². The van der Waals surface area contributed by atoms with Gasteiger partial charge in [-0.3, -0.25) is 4.39 Å². The molecule has 4 nitrogen and oxygen atoms in total. The lowest BCUT2D eigenvalue weighted by molar-refractivity contribution is 0.0285. The molecule has 2 atom stereocenters. The van der Waals surface area contributed by atoms with E-state index in [4.69, 9.17) is 10.5 Å². The van der Waals surface area contributed by atoms with Gasteiger partial charge in [-0.2, -0.15) is 0 Å². The average molecular weight is 218 g/mol. The van der Waals surface area contributed by atoms with E-state index >= 15 is 0 Å². The van der Waals surface area contributed by atoms with Crippen molar-refractivity contribution in [1.29, 1.82) is 0 Å². The van der Waals surface area contributed by atoms with Crippen LogP contribution < -0.4 is 5.73 Å². The van der Waals surface area contributed by atoms with Crippen LogP contribution in [0.2, 0.25) is 0 Å². The molecule has 1 aliphatic heterocycles. The zero-order chi connectivity index (χ0) is 11.6. The molecule has 0 unspecified atom stereocenters. The van der Waals surface area contributed by atoms with Gasteiger partial charge in [-0.05, 0) is 20.8 Å². The van der Waals surface area contributed by atoms with Crippen LogP contribution in [0.1, 0.15) is 20.8 Å². The Morgan fingerprint density at radius 1 is 1.53 bits per heavy atom. The normalized spacial score (nSPS) is 26.9. The maximum absolute atomic E-state index is 12.5. The molecule has 0 aromatic carbocycles. The monoisotopic (exact) mass is 218 g/mol. The van der Waals surface area contributed by atoms with Crippen LogP contribution >= 0.6 is 0 Å². The van der Waals surface area contributed by atoms with Crippen LogP contribution in [0.3, 0.4) is 0 Å². The van der Waals surface area contributed by atoms with Crippen LogP contribution in [0.15, 0.2) is 0 Å². The third-order valence-electron chi connectivity index (χ3n) is 2.34. The van der Waals surface area contributed by atoms with Gasteiger partial charge in [-0.25, -0.2) is 4.79 Å². The second kappa shape index (κ2) is 4.35. The number of hydrogen-bond acceptors (Lipinski definition) is 3. The van der Waals surface area contributed by atoms with Gasteiger partial charge in [0, 0.05) is 25.0 Å². The fraction of sp³-hybridized carbons (Fsp3) is 0.900. The summed E-state index contributed by atoms with van der Waals surface area (Å²) in [5.74, 6) is -0.252. The Bertz CT molecular complexity index is 240. The number of hydrogen-bond donors (Lipinski definition) is 1. The highest BCUT2D eigenvalue weighted by molar-refractivity contribution is 5.68. The third kappa shape index (κ3) is 3.34. The smallest absolute Gasteiger partial charge is 0.410 e. The Morgan fingerprint density at radius 3 is 2.53 bits per heavy atom. The van der Waals surface area contributed by atoms with Crippen molar-refractivity contribution in [2.24, 2.45) is 11.7 Å². The molecular weight excluding hydrogens is 199 g/mol. The zero-order valence-electron chi connectivity index (χ0n) is 9.50. The quantitative estimate of drug-likeness (QED) is 0.718. The highest BCUT2D eigenvalue weighted by Crippen LogP contribution is 2.19. The molecular formula is C10H19FN2O2. The predicted molar refractivity (Wildman–Crippen MR) is 55.2 cm³/mol. The standard InChI is InChI=1S/C10H19FN2O2/c1-10(2,3)15-9(14)13-5-7(4-11)8(12)6-13/h7-8H,4-6,12H2,1-3H3/t7-,8+/m1/s1. The molecule has 15 heavy (non-hydrogen) atoms. The Kier molecular flexibility index (Phi) is 3.54. The molecule has 2 N–H and O–H groups in total. The lowest BCUT2D eigenvalue weighted by Gasteiger charge is -2.24. The van der Waals surface area contributed by atoms with Crippen LogP contribution in [-0.4, -0.2) is 42.4 Å². The van der Waals surface area contributed by atoms with Gasteiger partial charge >= 0.3 is 6.09 Å². The van der Waals surface area contributed by atoms with Gasteiger partial charge in [0.1, 0.15) is 5.60 Å². The molecule has 1 aliphatic rings. The summed E-state index contributed by atoms with van der Waals surface area (Å²) >= 11 is 0. The van der Waals surface area contributed by atoms with Crippen LogP contribution in [0.4, 0.5) is 9.18 Å². The van der Waals surface area contributed by atoms with E-state index in [1.807, 2.05) is 0 Å². The predicted octanol–water partition coefficient (Wildman–Crippen LogP) is 1.15. The topological polar surface area (TPSA) is 55.6 Å². The van der Waals surface area contributed by atoms with Crippen molar-refractivity contribution in [3.63, 3.8) is 0 Å². The summed E-state index contributed by atoms with van der Waals surface area (Å²) in [4.78, 5) is 13.1. The summed E-state index contributed by atoms with van der Waals surface area (Å²) in [5, 5.41) is 0. The van der Waals surface area contributed by atoms with Gasteiger partial charge in [0.15, 0.2) is 0 Å². The number of rotatable bonds is 1. The first-order chi connectivity index (χ1) is 6.83. The molecule has 5 heteroatoms. The fourth-order valence-corrected chi connectivity index (χ4v) is 1.54. The molecule has 0 bridgehead atoms. The van der Waals surface area contributed by atoms with Crippen LogP contribution in [0, 0.1) is 5.92 Å². The molecule has 1 rings (SSSR count). The molecule has 0 aromatic rings. The molecule has 0 spiro atoms. The minimum Gasteiger partial charge on any atom is -0.444 e. The molecule has 88 valence electrons. The molecule has 0 aromatic heterocycles. The van der Waals surface area contributed by atoms with E-state index < -0.39 is 18.4 Å². The second-order valence-corrected chi connectivity index (χ2v) is 4.96. The van der Waals surface area contributed by atoms with E-state index in [1.54, 1.807) is 20.8 Å². The average Bonchev–Trinajstić information content (AvgIpc) is 2.43. The highest BCUT2D eigenvalue weighted by atomic mass is 19.1. The van der Waals surface area contributed by atoms with Gasteiger partial charge < -0.3 is 15.4 Å². The minimum atomic E-state index is -0.519. The number of carbonyl (C=O) groups excluding carboxylic acids is 1. The lowest BCUT2D eigenvalue weighted by atomic mass is 10.1. The Balaban J connectivity index is 2.50. The Labute approximate surface area is 89.6 Å². The summed E-state index contributed by atoms with van der Waals surface area (Å²) in [7, 11) is 0. The fourth-order valence-electron chi connectivity index (χ4n) is 1.54. The molecule has 0 radical (unpaired) electrons. The number of likely N-dealkylation sites (tertiary alicyclic amines) is 1. The largest absolute Gasteiger partial charge is 0.444 e. The maximum atomic E-state index is 12.5. The van der Waals surface area contributed by atoms with Gasteiger partial charge in [0.25, 0.3) is 0 Å². The highest BCUT2D eigenvalue weighted by Gasteiger charge is 2.34. The first-order valence-electron chi connectivity index (χ1n) is 5.13. The van der Waals surface area contributed by atoms with Crippen molar-refractivity contribution >= 4 is 6.09 Å². The summed E-state index contributed by atoms with van der Waals surface area (Å²) in [6.07, 6.45) is -0.408. The van der Waals surface area contributed by atoms with Gasteiger partial charge in [-0.15, -0.1) is 0 Å². The number of nitrogens with two attached hydrogens (primary N) is 1. The number of alkyl halides is 1. The van der Waals surface area contributed by atoms with Gasteiger partial charge in [-0.1, -0.05) is 0 Å². The van der Waals surface area contributed by atoms with Crippen molar-refractivity contribution in [3.05, 3.63) is 0 Å². The van der Waals surface area contributed by atoms with E-state index in [9.17, 15) is 9.18 Å². The molecule has 1 amide bonds. The van der Waals surface area contributed by atoms with E-state index in [0.717, 1.165) is 0 Å². The first kappa shape index (κ1) is 12.2. The third-order valence-corrected chi connectivity index (χ3v) is 2.34. The van der Waals surface area contributed by atoms with E-state index in [1.165, 1.54) is 4.90 Å². The zero-order valence-corrected chi connectivity index (χ0v) is 9.50. The summed E-state index contributed by atoms with van der Waals surface area (Å²) < 4.78 is 17.6. The van der Waals surface area contributed by atoms with E-state index in [0.29, 0.717) is 13.1 Å². The van der Waals surface area contributed by atoms with Crippen molar-refractivity contribution in [2.75, 3.05) is 19.8 Å². The molecule has 0 saturated carbocycles. The Hall–Kier alpha value is -0.840. The van der Waals surface area contributed by atoms with Crippen LogP contribution in [-0.2, 0) is 4.74 Å². The number of amides is 1. The van der Waals surface area contributed by atoms with Crippen LogP contribution in [0.5, 0.6) is 0 Å². The lowest BCUT2D eigenvalue weighted by Crippen LogP contribution is -2.36. The van der Waals surface area contributed by atoms with E-state index in [2.05, 4.69) is 0 Å². The summed E-state index contributed by atoms with van der Waals surface area (Å²) in [6.45, 7) is 5.64. The second-order valence-electron chi connectivity index (χ2n) is 4.96. The minimum absolute atomic E-state index is 0.252. The number of carbonyl (C=O) groups is 1. The van der Waals surface area contributed by atoms with Crippen molar-refractivity contribution < 1.29 is 13.9 Å². The van der Waals surface area contributed by atoms with Crippen LogP contribution in [0.25, 0.3) is 0 Å². The molecule has 1 heterocycles.